The first-order valence-corrected chi connectivity index (χ1v) is 6.79. The minimum atomic E-state index is -0.0926. The zero-order valence-corrected chi connectivity index (χ0v) is 11.0. The minimum absolute atomic E-state index is 0.0543. The molecule has 0 saturated carbocycles. The summed E-state index contributed by atoms with van der Waals surface area (Å²) in [6, 6.07) is 6.71. The number of nitrogens with one attached hydrogen (secondary N) is 1. The first-order chi connectivity index (χ1) is 8.70. The molecule has 3 heteroatoms. The zero-order chi connectivity index (χ0) is 13.0. The van der Waals surface area contributed by atoms with Gasteiger partial charge in [0.15, 0.2) is 0 Å². The third-order valence-electron chi connectivity index (χ3n) is 3.68. The molecular formula is C15H22N2O. The van der Waals surface area contributed by atoms with E-state index < -0.39 is 0 Å². The van der Waals surface area contributed by atoms with Gasteiger partial charge in [-0.1, -0.05) is 25.1 Å². The number of carbonyl (C=O) groups is 1. The van der Waals surface area contributed by atoms with E-state index in [2.05, 4.69) is 23.5 Å². The van der Waals surface area contributed by atoms with E-state index in [0.717, 1.165) is 6.42 Å². The molecule has 1 aliphatic carbocycles. The maximum Gasteiger partial charge on any atom is 0.224 e. The molecule has 98 valence electrons. The molecule has 0 heterocycles. The minimum Gasteiger partial charge on any atom is -0.355 e. The van der Waals surface area contributed by atoms with Crippen LogP contribution in [-0.4, -0.2) is 19.0 Å². The van der Waals surface area contributed by atoms with E-state index >= 15 is 0 Å². The van der Waals surface area contributed by atoms with Gasteiger partial charge in [-0.05, 0) is 42.4 Å². The SMILES string of the molecule is CC(CN)C(=O)NCCc1ccc2c(c1)CCC2. The normalized spacial score (nSPS) is 15.2. The highest BCUT2D eigenvalue weighted by Crippen LogP contribution is 2.22. The first-order valence-electron chi connectivity index (χ1n) is 6.79. The van der Waals surface area contributed by atoms with Crippen molar-refractivity contribution < 1.29 is 4.79 Å². The van der Waals surface area contributed by atoms with E-state index in [9.17, 15) is 4.79 Å². The Morgan fingerprint density at radius 1 is 1.39 bits per heavy atom. The van der Waals surface area contributed by atoms with Crippen molar-refractivity contribution in [1.29, 1.82) is 0 Å². The fourth-order valence-electron chi connectivity index (χ4n) is 2.39. The number of fused-ring (bicyclic) bond motifs is 1. The lowest BCUT2D eigenvalue weighted by Gasteiger charge is -2.10. The Bertz CT molecular complexity index is 429. The Hall–Kier alpha value is -1.35. The van der Waals surface area contributed by atoms with Crippen LogP contribution in [0.4, 0.5) is 0 Å². The number of hydrogen-bond acceptors (Lipinski definition) is 2. The number of aryl methyl sites for hydroxylation is 2. The molecule has 18 heavy (non-hydrogen) atoms. The average Bonchev–Trinajstić information content (AvgIpc) is 2.85. The van der Waals surface area contributed by atoms with Crippen LogP contribution in [0, 0.1) is 5.92 Å². The molecule has 3 nitrogen and oxygen atoms in total. The molecule has 0 bridgehead atoms. The Labute approximate surface area is 109 Å². The molecule has 1 aliphatic rings. The summed E-state index contributed by atoms with van der Waals surface area (Å²) in [6.07, 6.45) is 4.61. The molecule has 3 N–H and O–H groups in total. The lowest BCUT2D eigenvalue weighted by atomic mass is 10.0. The molecular weight excluding hydrogens is 224 g/mol. The highest BCUT2D eigenvalue weighted by molar-refractivity contribution is 5.78. The van der Waals surface area contributed by atoms with Crippen molar-refractivity contribution in [3.63, 3.8) is 0 Å². The van der Waals surface area contributed by atoms with Gasteiger partial charge in [-0.3, -0.25) is 4.79 Å². The van der Waals surface area contributed by atoms with Gasteiger partial charge in [0.05, 0.1) is 0 Å². The van der Waals surface area contributed by atoms with Gasteiger partial charge >= 0.3 is 0 Å². The average molecular weight is 246 g/mol. The second kappa shape index (κ2) is 6.01. The Balaban J connectivity index is 1.82. The van der Waals surface area contributed by atoms with Gasteiger partial charge in [-0.15, -0.1) is 0 Å². The summed E-state index contributed by atoms with van der Waals surface area (Å²) in [5.41, 5.74) is 9.77. The number of carbonyl (C=O) groups excluding carboxylic acids is 1. The topological polar surface area (TPSA) is 55.1 Å². The fraction of sp³-hybridized carbons (Fsp3) is 0.533. The molecule has 0 aromatic heterocycles. The summed E-state index contributed by atoms with van der Waals surface area (Å²) in [6.45, 7) is 2.96. The van der Waals surface area contributed by atoms with E-state index in [-0.39, 0.29) is 11.8 Å². The number of benzene rings is 1. The van der Waals surface area contributed by atoms with Crippen LogP contribution >= 0.6 is 0 Å². The first kappa shape index (κ1) is 13.1. The molecule has 1 aromatic rings. The van der Waals surface area contributed by atoms with Crippen molar-refractivity contribution in [2.24, 2.45) is 11.7 Å². The second-order valence-electron chi connectivity index (χ2n) is 5.13. The smallest absolute Gasteiger partial charge is 0.224 e. The molecule has 2 rings (SSSR count). The summed E-state index contributed by atoms with van der Waals surface area (Å²) in [7, 11) is 0. The molecule has 1 atom stereocenters. The van der Waals surface area contributed by atoms with Crippen molar-refractivity contribution >= 4 is 5.91 Å². The molecule has 0 saturated heterocycles. The Morgan fingerprint density at radius 2 is 2.17 bits per heavy atom. The van der Waals surface area contributed by atoms with Crippen molar-refractivity contribution in [3.05, 3.63) is 34.9 Å². The lowest BCUT2D eigenvalue weighted by Crippen LogP contribution is -2.34. The predicted molar refractivity (Wildman–Crippen MR) is 73.4 cm³/mol. The van der Waals surface area contributed by atoms with Gasteiger partial charge in [-0.25, -0.2) is 0 Å². The molecule has 0 radical (unpaired) electrons. The van der Waals surface area contributed by atoms with Crippen LogP contribution < -0.4 is 11.1 Å². The van der Waals surface area contributed by atoms with E-state index in [1.165, 1.54) is 36.0 Å². The van der Waals surface area contributed by atoms with Gasteiger partial charge in [-0.2, -0.15) is 0 Å². The van der Waals surface area contributed by atoms with Gasteiger partial charge in [0.25, 0.3) is 0 Å². The third-order valence-corrected chi connectivity index (χ3v) is 3.68. The summed E-state index contributed by atoms with van der Waals surface area (Å²) in [5, 5.41) is 2.93. The van der Waals surface area contributed by atoms with Crippen molar-refractivity contribution in [1.82, 2.24) is 5.32 Å². The number of nitrogens with two attached hydrogens (primary N) is 1. The van der Waals surface area contributed by atoms with Crippen LogP contribution in [0.25, 0.3) is 0 Å². The van der Waals surface area contributed by atoms with E-state index in [0.29, 0.717) is 13.1 Å². The lowest BCUT2D eigenvalue weighted by molar-refractivity contribution is -0.124. The Kier molecular flexibility index (Phi) is 4.37. The van der Waals surface area contributed by atoms with Crippen molar-refractivity contribution in [2.45, 2.75) is 32.6 Å². The van der Waals surface area contributed by atoms with Crippen LogP contribution in [0.5, 0.6) is 0 Å². The van der Waals surface area contributed by atoms with Crippen LogP contribution in [-0.2, 0) is 24.1 Å². The second-order valence-corrected chi connectivity index (χ2v) is 5.13. The highest BCUT2D eigenvalue weighted by Gasteiger charge is 2.12. The van der Waals surface area contributed by atoms with Crippen LogP contribution in [0.3, 0.4) is 0 Å². The summed E-state index contributed by atoms with van der Waals surface area (Å²) in [4.78, 5) is 11.6. The molecule has 0 aliphatic heterocycles. The van der Waals surface area contributed by atoms with Crippen LogP contribution in [0.15, 0.2) is 18.2 Å². The monoisotopic (exact) mass is 246 g/mol. The predicted octanol–water partition coefficient (Wildman–Crippen LogP) is 1.43. The van der Waals surface area contributed by atoms with E-state index in [1.54, 1.807) is 0 Å². The summed E-state index contributed by atoms with van der Waals surface area (Å²) < 4.78 is 0. The van der Waals surface area contributed by atoms with Crippen molar-refractivity contribution in [3.8, 4) is 0 Å². The number of rotatable bonds is 5. The van der Waals surface area contributed by atoms with Gasteiger partial charge < -0.3 is 11.1 Å². The van der Waals surface area contributed by atoms with Crippen molar-refractivity contribution in [2.75, 3.05) is 13.1 Å². The molecule has 1 unspecified atom stereocenters. The maximum absolute atomic E-state index is 11.6. The quantitative estimate of drug-likeness (QED) is 0.825. The third kappa shape index (κ3) is 3.10. The molecule has 1 aromatic carbocycles. The number of amides is 1. The van der Waals surface area contributed by atoms with E-state index in [4.69, 9.17) is 5.73 Å². The molecule has 1 amide bonds. The van der Waals surface area contributed by atoms with Crippen LogP contribution in [0.1, 0.15) is 30.0 Å². The Morgan fingerprint density at radius 3 is 2.94 bits per heavy atom. The van der Waals surface area contributed by atoms with Crippen LogP contribution in [0.2, 0.25) is 0 Å². The fourth-order valence-corrected chi connectivity index (χ4v) is 2.39. The summed E-state index contributed by atoms with van der Waals surface area (Å²) in [5.74, 6) is -0.0383. The standard InChI is InChI=1S/C15H22N2O/c1-11(10-16)15(18)17-8-7-12-5-6-13-3-2-4-14(13)9-12/h5-6,9,11H,2-4,7-8,10,16H2,1H3,(H,17,18). The maximum atomic E-state index is 11.6. The molecule has 0 spiro atoms. The van der Waals surface area contributed by atoms with Gasteiger partial charge in [0.2, 0.25) is 5.91 Å². The van der Waals surface area contributed by atoms with Gasteiger partial charge in [0, 0.05) is 19.0 Å². The number of hydrogen-bond donors (Lipinski definition) is 2. The highest BCUT2D eigenvalue weighted by atomic mass is 16.1. The summed E-state index contributed by atoms with van der Waals surface area (Å²) >= 11 is 0. The van der Waals surface area contributed by atoms with Gasteiger partial charge in [0.1, 0.15) is 0 Å². The zero-order valence-electron chi connectivity index (χ0n) is 11.0. The largest absolute Gasteiger partial charge is 0.355 e. The van der Waals surface area contributed by atoms with E-state index in [1.807, 2.05) is 6.92 Å². The molecule has 0 fully saturated rings.